The van der Waals surface area contributed by atoms with Gasteiger partial charge in [0.1, 0.15) is 11.6 Å². The van der Waals surface area contributed by atoms with E-state index < -0.39 is 0 Å². The van der Waals surface area contributed by atoms with E-state index in [1.54, 1.807) is 6.20 Å². The standard InChI is InChI=1S/C10H15N5/c1-11-8(10-13-3-4-14-10)7-9-12-5-6-15(9)2/h3-6,8,11H,7H2,1-2H3,(H,13,14). The second-order valence-electron chi connectivity index (χ2n) is 3.47. The topological polar surface area (TPSA) is 58.5 Å². The van der Waals surface area contributed by atoms with Gasteiger partial charge in [0.05, 0.1) is 6.04 Å². The van der Waals surface area contributed by atoms with Crippen molar-refractivity contribution in [3.05, 3.63) is 36.4 Å². The molecule has 0 amide bonds. The minimum Gasteiger partial charge on any atom is -0.347 e. The molecule has 15 heavy (non-hydrogen) atoms. The number of nitrogens with one attached hydrogen (secondary N) is 2. The average Bonchev–Trinajstić information content (AvgIpc) is 2.86. The number of hydrogen-bond donors (Lipinski definition) is 2. The van der Waals surface area contributed by atoms with Gasteiger partial charge in [-0.1, -0.05) is 0 Å². The van der Waals surface area contributed by atoms with Crippen molar-refractivity contribution in [3.8, 4) is 0 Å². The van der Waals surface area contributed by atoms with E-state index in [1.165, 1.54) is 0 Å². The quantitative estimate of drug-likeness (QED) is 0.770. The van der Waals surface area contributed by atoms with Gasteiger partial charge < -0.3 is 14.9 Å². The lowest BCUT2D eigenvalue weighted by Crippen LogP contribution is -2.21. The summed E-state index contributed by atoms with van der Waals surface area (Å²) in [7, 11) is 3.92. The van der Waals surface area contributed by atoms with Gasteiger partial charge in [-0.15, -0.1) is 0 Å². The minimum absolute atomic E-state index is 0.182. The van der Waals surface area contributed by atoms with Gasteiger partial charge in [-0.25, -0.2) is 9.97 Å². The molecule has 0 saturated heterocycles. The molecular weight excluding hydrogens is 190 g/mol. The van der Waals surface area contributed by atoms with Crippen LogP contribution in [0.3, 0.4) is 0 Å². The van der Waals surface area contributed by atoms with Gasteiger partial charge in [-0.05, 0) is 7.05 Å². The summed E-state index contributed by atoms with van der Waals surface area (Å²) in [5, 5.41) is 3.22. The summed E-state index contributed by atoms with van der Waals surface area (Å²) in [5.41, 5.74) is 0. The largest absolute Gasteiger partial charge is 0.347 e. The Labute approximate surface area is 88.6 Å². The Morgan fingerprint density at radius 2 is 2.33 bits per heavy atom. The summed E-state index contributed by atoms with van der Waals surface area (Å²) in [5.74, 6) is 1.99. The molecule has 0 saturated carbocycles. The molecule has 2 heterocycles. The Kier molecular flexibility index (Phi) is 2.82. The van der Waals surface area contributed by atoms with Crippen LogP contribution in [0.2, 0.25) is 0 Å². The molecular formula is C10H15N5. The zero-order valence-corrected chi connectivity index (χ0v) is 8.94. The van der Waals surface area contributed by atoms with Crippen LogP contribution >= 0.6 is 0 Å². The Morgan fingerprint density at radius 1 is 1.47 bits per heavy atom. The Bertz CT molecular complexity index is 403. The molecule has 0 aliphatic heterocycles. The molecule has 2 aromatic heterocycles. The number of rotatable bonds is 4. The number of nitrogens with zero attached hydrogens (tertiary/aromatic N) is 3. The summed E-state index contributed by atoms with van der Waals surface area (Å²) >= 11 is 0. The second kappa shape index (κ2) is 4.27. The van der Waals surface area contributed by atoms with E-state index in [1.807, 2.05) is 37.3 Å². The maximum atomic E-state index is 4.29. The monoisotopic (exact) mass is 205 g/mol. The SMILES string of the molecule is CNC(Cc1nccn1C)c1ncc[nH]1. The number of likely N-dealkylation sites (N-methyl/N-ethyl adjacent to an activating group) is 1. The Hall–Kier alpha value is -1.62. The lowest BCUT2D eigenvalue weighted by molar-refractivity contribution is 0.539. The van der Waals surface area contributed by atoms with Crippen molar-refractivity contribution in [1.82, 2.24) is 24.8 Å². The zero-order chi connectivity index (χ0) is 10.7. The van der Waals surface area contributed by atoms with Crippen LogP contribution in [0.4, 0.5) is 0 Å². The predicted octanol–water partition coefficient (Wildman–Crippen LogP) is 0.646. The fourth-order valence-electron chi connectivity index (χ4n) is 1.58. The first-order valence-corrected chi connectivity index (χ1v) is 4.94. The molecule has 2 rings (SSSR count). The van der Waals surface area contributed by atoms with Crippen molar-refractivity contribution in [3.63, 3.8) is 0 Å². The Balaban J connectivity index is 2.13. The maximum absolute atomic E-state index is 4.29. The summed E-state index contributed by atoms with van der Waals surface area (Å²) in [6, 6.07) is 0.182. The molecule has 0 aromatic carbocycles. The van der Waals surface area contributed by atoms with Gasteiger partial charge in [0, 0.05) is 38.3 Å². The molecule has 0 spiro atoms. The normalized spacial score (nSPS) is 12.9. The van der Waals surface area contributed by atoms with Crippen molar-refractivity contribution >= 4 is 0 Å². The summed E-state index contributed by atoms with van der Waals surface area (Å²) < 4.78 is 2.02. The first kappa shape index (κ1) is 9.92. The summed E-state index contributed by atoms with van der Waals surface area (Å²) in [6.45, 7) is 0. The number of H-pyrrole nitrogens is 1. The first-order chi connectivity index (χ1) is 7.31. The van der Waals surface area contributed by atoms with Crippen LogP contribution in [0, 0.1) is 0 Å². The summed E-state index contributed by atoms with van der Waals surface area (Å²) in [4.78, 5) is 11.6. The predicted molar refractivity (Wildman–Crippen MR) is 57.3 cm³/mol. The van der Waals surface area contributed by atoms with Crippen LogP contribution < -0.4 is 5.32 Å². The fraction of sp³-hybridized carbons (Fsp3) is 0.400. The zero-order valence-electron chi connectivity index (χ0n) is 8.94. The van der Waals surface area contributed by atoms with E-state index in [9.17, 15) is 0 Å². The molecule has 80 valence electrons. The van der Waals surface area contributed by atoms with Crippen LogP contribution in [0.25, 0.3) is 0 Å². The molecule has 5 nitrogen and oxygen atoms in total. The van der Waals surface area contributed by atoms with Crippen molar-refractivity contribution in [1.29, 1.82) is 0 Å². The highest BCUT2D eigenvalue weighted by Crippen LogP contribution is 2.12. The minimum atomic E-state index is 0.182. The molecule has 1 atom stereocenters. The molecule has 5 heteroatoms. The highest BCUT2D eigenvalue weighted by molar-refractivity contribution is 5.02. The van der Waals surface area contributed by atoms with E-state index in [2.05, 4.69) is 20.3 Å². The van der Waals surface area contributed by atoms with E-state index in [4.69, 9.17) is 0 Å². The Morgan fingerprint density at radius 3 is 2.87 bits per heavy atom. The second-order valence-corrected chi connectivity index (χ2v) is 3.47. The molecule has 1 unspecified atom stereocenters. The number of imidazole rings is 2. The van der Waals surface area contributed by atoms with Crippen molar-refractivity contribution < 1.29 is 0 Å². The highest BCUT2D eigenvalue weighted by Gasteiger charge is 2.14. The lowest BCUT2D eigenvalue weighted by Gasteiger charge is -2.13. The molecule has 2 N–H and O–H groups in total. The number of hydrogen-bond acceptors (Lipinski definition) is 3. The number of aromatic nitrogens is 4. The van der Waals surface area contributed by atoms with E-state index in [0.717, 1.165) is 18.1 Å². The molecule has 0 radical (unpaired) electrons. The van der Waals surface area contributed by atoms with Gasteiger partial charge in [-0.2, -0.15) is 0 Å². The van der Waals surface area contributed by atoms with Crippen LogP contribution in [-0.4, -0.2) is 26.6 Å². The van der Waals surface area contributed by atoms with Crippen molar-refractivity contribution in [2.24, 2.45) is 7.05 Å². The van der Waals surface area contributed by atoms with Crippen LogP contribution in [0.5, 0.6) is 0 Å². The van der Waals surface area contributed by atoms with Gasteiger partial charge in [0.25, 0.3) is 0 Å². The highest BCUT2D eigenvalue weighted by atomic mass is 15.1. The van der Waals surface area contributed by atoms with Crippen LogP contribution in [0.1, 0.15) is 17.7 Å². The molecule has 0 aliphatic carbocycles. The summed E-state index contributed by atoms with van der Waals surface area (Å²) in [6.07, 6.45) is 8.18. The average molecular weight is 205 g/mol. The molecule has 0 fully saturated rings. The van der Waals surface area contributed by atoms with E-state index >= 15 is 0 Å². The first-order valence-electron chi connectivity index (χ1n) is 4.94. The fourth-order valence-corrected chi connectivity index (χ4v) is 1.58. The van der Waals surface area contributed by atoms with Crippen LogP contribution in [0.15, 0.2) is 24.8 Å². The third-order valence-electron chi connectivity index (χ3n) is 2.51. The van der Waals surface area contributed by atoms with Crippen molar-refractivity contribution in [2.75, 3.05) is 7.05 Å². The van der Waals surface area contributed by atoms with Gasteiger partial charge in [0.2, 0.25) is 0 Å². The lowest BCUT2D eigenvalue weighted by atomic mass is 10.2. The van der Waals surface area contributed by atoms with E-state index in [0.29, 0.717) is 0 Å². The third-order valence-corrected chi connectivity index (χ3v) is 2.51. The molecule has 0 bridgehead atoms. The number of aromatic amines is 1. The molecule has 0 aliphatic rings. The van der Waals surface area contributed by atoms with Crippen LogP contribution in [-0.2, 0) is 13.5 Å². The van der Waals surface area contributed by atoms with Gasteiger partial charge in [0.15, 0.2) is 0 Å². The molecule has 2 aromatic rings. The van der Waals surface area contributed by atoms with E-state index in [-0.39, 0.29) is 6.04 Å². The van der Waals surface area contributed by atoms with Gasteiger partial charge in [-0.3, -0.25) is 0 Å². The maximum Gasteiger partial charge on any atom is 0.123 e. The number of aryl methyl sites for hydroxylation is 1. The van der Waals surface area contributed by atoms with Crippen molar-refractivity contribution in [2.45, 2.75) is 12.5 Å². The smallest absolute Gasteiger partial charge is 0.123 e. The third kappa shape index (κ3) is 2.07. The van der Waals surface area contributed by atoms with Gasteiger partial charge >= 0.3 is 0 Å².